The van der Waals surface area contributed by atoms with E-state index >= 15 is 0 Å². The van der Waals surface area contributed by atoms with E-state index in [-0.39, 0.29) is 5.91 Å². The van der Waals surface area contributed by atoms with Gasteiger partial charge in [0.15, 0.2) is 0 Å². The molecule has 2 aromatic carbocycles. The molecule has 0 N–H and O–H groups in total. The van der Waals surface area contributed by atoms with Crippen LogP contribution >= 0.6 is 0 Å². The van der Waals surface area contributed by atoms with Crippen LogP contribution in [0.25, 0.3) is 23.5 Å². The molecule has 1 aliphatic rings. The van der Waals surface area contributed by atoms with Crippen LogP contribution in [0.2, 0.25) is 0 Å². The van der Waals surface area contributed by atoms with Crippen LogP contribution in [0.1, 0.15) is 40.2 Å². The Balaban J connectivity index is 1.52. The van der Waals surface area contributed by atoms with E-state index in [2.05, 4.69) is 29.2 Å². The van der Waals surface area contributed by atoms with Crippen molar-refractivity contribution < 1.29 is 9.32 Å². The quantitative estimate of drug-likeness (QED) is 0.690. The molecule has 136 valence electrons. The number of nitrogens with zero attached hydrogens (tertiary/aromatic N) is 3. The van der Waals surface area contributed by atoms with Gasteiger partial charge >= 0.3 is 0 Å². The molecule has 27 heavy (non-hydrogen) atoms. The fraction of sp³-hybridized carbons (Fsp3) is 0.227. The summed E-state index contributed by atoms with van der Waals surface area (Å²) in [6.45, 7) is 3.72. The van der Waals surface area contributed by atoms with Crippen molar-refractivity contribution in [3.63, 3.8) is 0 Å². The van der Waals surface area contributed by atoms with Crippen LogP contribution < -0.4 is 0 Å². The maximum Gasteiger partial charge on any atom is 0.253 e. The lowest BCUT2D eigenvalue weighted by atomic mass is 10.1. The minimum Gasteiger partial charge on any atom is -0.339 e. The average Bonchev–Trinajstić information content (AvgIpc) is 3.39. The first-order valence-electron chi connectivity index (χ1n) is 9.17. The van der Waals surface area contributed by atoms with Gasteiger partial charge in [0.25, 0.3) is 11.8 Å². The van der Waals surface area contributed by atoms with Gasteiger partial charge in [-0.05, 0) is 43.5 Å². The molecule has 0 atom stereocenters. The summed E-state index contributed by atoms with van der Waals surface area (Å²) in [5.41, 5.74) is 3.73. The number of benzene rings is 2. The van der Waals surface area contributed by atoms with E-state index < -0.39 is 0 Å². The summed E-state index contributed by atoms with van der Waals surface area (Å²) in [7, 11) is 0. The van der Waals surface area contributed by atoms with Gasteiger partial charge in [-0.3, -0.25) is 4.79 Å². The number of carbonyl (C=O) groups is 1. The van der Waals surface area contributed by atoms with Gasteiger partial charge in [-0.1, -0.05) is 47.1 Å². The highest BCUT2D eigenvalue weighted by Crippen LogP contribution is 2.20. The zero-order valence-corrected chi connectivity index (χ0v) is 15.3. The molecule has 3 aromatic rings. The molecule has 0 saturated carbocycles. The second-order valence-corrected chi connectivity index (χ2v) is 6.78. The molecule has 0 aliphatic carbocycles. The van der Waals surface area contributed by atoms with E-state index in [9.17, 15) is 4.79 Å². The molecule has 0 radical (unpaired) electrons. The van der Waals surface area contributed by atoms with Crippen LogP contribution in [-0.4, -0.2) is 34.0 Å². The highest BCUT2D eigenvalue weighted by Gasteiger charge is 2.20. The van der Waals surface area contributed by atoms with Crippen molar-refractivity contribution in [1.29, 1.82) is 0 Å². The summed E-state index contributed by atoms with van der Waals surface area (Å²) in [5, 5.41) is 4.05. The third kappa shape index (κ3) is 3.97. The number of carbonyl (C=O) groups excluding carboxylic acids is 1. The molecule has 1 saturated heterocycles. The van der Waals surface area contributed by atoms with Crippen molar-refractivity contribution in [1.82, 2.24) is 15.0 Å². The number of hydrogen-bond donors (Lipinski definition) is 0. The van der Waals surface area contributed by atoms with Crippen LogP contribution in [0.4, 0.5) is 0 Å². The number of rotatable bonds is 4. The first-order chi connectivity index (χ1) is 13.2. The fourth-order valence-corrected chi connectivity index (χ4v) is 3.16. The molecule has 4 rings (SSSR count). The van der Waals surface area contributed by atoms with E-state index in [1.807, 2.05) is 47.4 Å². The Morgan fingerprint density at radius 2 is 1.85 bits per heavy atom. The summed E-state index contributed by atoms with van der Waals surface area (Å²) < 4.78 is 5.32. The van der Waals surface area contributed by atoms with Crippen LogP contribution in [0.5, 0.6) is 0 Å². The number of hydrogen-bond acceptors (Lipinski definition) is 4. The van der Waals surface area contributed by atoms with Crippen molar-refractivity contribution in [3.8, 4) is 11.4 Å². The molecular weight excluding hydrogens is 338 g/mol. The first-order valence-corrected chi connectivity index (χ1v) is 9.17. The molecule has 1 fully saturated rings. The predicted octanol–water partition coefficient (Wildman–Crippen LogP) is 4.45. The average molecular weight is 359 g/mol. The van der Waals surface area contributed by atoms with Gasteiger partial charge in [0.1, 0.15) is 0 Å². The van der Waals surface area contributed by atoms with Crippen molar-refractivity contribution in [2.75, 3.05) is 13.1 Å². The Morgan fingerprint density at radius 3 is 2.63 bits per heavy atom. The Kier molecular flexibility index (Phi) is 4.83. The van der Waals surface area contributed by atoms with Crippen molar-refractivity contribution in [3.05, 3.63) is 71.1 Å². The second kappa shape index (κ2) is 7.58. The molecule has 1 aliphatic heterocycles. The number of amides is 1. The van der Waals surface area contributed by atoms with Crippen LogP contribution in [0.3, 0.4) is 0 Å². The molecule has 0 bridgehead atoms. The Labute approximate surface area is 158 Å². The Bertz CT molecular complexity index is 967. The molecule has 5 nitrogen and oxygen atoms in total. The van der Waals surface area contributed by atoms with Gasteiger partial charge < -0.3 is 9.42 Å². The summed E-state index contributed by atoms with van der Waals surface area (Å²) in [4.78, 5) is 18.9. The van der Waals surface area contributed by atoms with E-state index in [0.717, 1.165) is 37.1 Å². The zero-order chi connectivity index (χ0) is 18.6. The minimum atomic E-state index is 0.0670. The number of likely N-dealkylation sites (tertiary alicyclic amines) is 1. The lowest BCUT2D eigenvalue weighted by Gasteiger charge is -2.15. The highest BCUT2D eigenvalue weighted by atomic mass is 16.5. The van der Waals surface area contributed by atoms with Crippen molar-refractivity contribution >= 4 is 18.1 Å². The largest absolute Gasteiger partial charge is 0.339 e. The molecule has 2 heterocycles. The van der Waals surface area contributed by atoms with Gasteiger partial charge in [-0.25, -0.2) is 0 Å². The van der Waals surface area contributed by atoms with Gasteiger partial charge in [0.2, 0.25) is 5.82 Å². The monoisotopic (exact) mass is 359 g/mol. The van der Waals surface area contributed by atoms with E-state index in [4.69, 9.17) is 4.52 Å². The smallest absolute Gasteiger partial charge is 0.253 e. The first kappa shape index (κ1) is 17.2. The van der Waals surface area contributed by atoms with Gasteiger partial charge in [-0.15, -0.1) is 0 Å². The lowest BCUT2D eigenvalue weighted by molar-refractivity contribution is 0.0793. The van der Waals surface area contributed by atoms with Crippen molar-refractivity contribution in [2.24, 2.45) is 0 Å². The second-order valence-electron chi connectivity index (χ2n) is 6.78. The normalized spacial score (nSPS) is 14.2. The molecule has 0 spiro atoms. The minimum absolute atomic E-state index is 0.0670. The Hall–Kier alpha value is -3.21. The highest BCUT2D eigenvalue weighted by molar-refractivity contribution is 5.95. The van der Waals surface area contributed by atoms with E-state index in [1.165, 1.54) is 5.56 Å². The fourth-order valence-electron chi connectivity index (χ4n) is 3.16. The van der Waals surface area contributed by atoms with Gasteiger partial charge in [0.05, 0.1) is 0 Å². The Morgan fingerprint density at radius 1 is 1.07 bits per heavy atom. The summed E-state index contributed by atoms with van der Waals surface area (Å²) in [6, 6.07) is 15.6. The molecular formula is C22H21N3O2. The number of aromatic nitrogens is 2. The summed E-state index contributed by atoms with van der Waals surface area (Å²) in [6.07, 6.45) is 5.88. The lowest BCUT2D eigenvalue weighted by Crippen LogP contribution is -2.27. The van der Waals surface area contributed by atoms with Crippen LogP contribution in [-0.2, 0) is 0 Å². The maximum atomic E-state index is 12.6. The van der Waals surface area contributed by atoms with Crippen LogP contribution in [0.15, 0.2) is 53.1 Å². The van der Waals surface area contributed by atoms with Crippen molar-refractivity contribution in [2.45, 2.75) is 19.8 Å². The zero-order valence-electron chi connectivity index (χ0n) is 15.3. The molecule has 5 heteroatoms. The van der Waals surface area contributed by atoms with E-state index in [1.54, 1.807) is 6.08 Å². The predicted molar refractivity (Wildman–Crippen MR) is 105 cm³/mol. The van der Waals surface area contributed by atoms with E-state index in [0.29, 0.717) is 17.3 Å². The third-order valence-corrected chi connectivity index (χ3v) is 4.70. The maximum absolute atomic E-state index is 12.6. The van der Waals surface area contributed by atoms with Crippen LogP contribution in [0, 0.1) is 6.92 Å². The standard InChI is InChI=1S/C22H21N3O2/c1-16-7-9-17(10-8-16)11-12-20-23-21(24-27-20)18-5-4-6-19(15-18)22(26)25-13-2-3-14-25/h4-12,15H,2-3,13-14H2,1H3. The third-order valence-electron chi connectivity index (χ3n) is 4.70. The number of aryl methyl sites for hydroxylation is 1. The van der Waals surface area contributed by atoms with Gasteiger partial charge in [-0.2, -0.15) is 4.98 Å². The SMILES string of the molecule is Cc1ccc(C=Cc2nc(-c3cccc(C(=O)N4CCCC4)c3)no2)cc1. The molecule has 1 aromatic heterocycles. The molecule has 1 amide bonds. The van der Waals surface area contributed by atoms with Gasteiger partial charge in [0, 0.05) is 30.3 Å². The molecule has 0 unspecified atom stereocenters. The topological polar surface area (TPSA) is 59.2 Å². The summed E-state index contributed by atoms with van der Waals surface area (Å²) in [5.74, 6) is 0.980. The summed E-state index contributed by atoms with van der Waals surface area (Å²) >= 11 is 0.